The maximum absolute atomic E-state index is 12.1. The number of amides is 1. The van der Waals surface area contributed by atoms with Crippen molar-refractivity contribution in [2.24, 2.45) is 5.14 Å². The summed E-state index contributed by atoms with van der Waals surface area (Å²) in [5.41, 5.74) is 2.11. The number of hydrogen-bond donors (Lipinski definition) is 2. The summed E-state index contributed by atoms with van der Waals surface area (Å²) in [6, 6.07) is 20.4. The van der Waals surface area contributed by atoms with E-state index >= 15 is 0 Å². The highest BCUT2D eigenvalue weighted by Gasteiger charge is 2.05. The SMILES string of the molecule is NS(=O)(=O)Cc1ccc(NC(=O)/C=C/c2cccc3ccccc23)cc1. The van der Waals surface area contributed by atoms with Crippen LogP contribution in [0, 0.1) is 0 Å². The second kappa shape index (κ2) is 7.51. The number of anilines is 1. The molecule has 5 nitrogen and oxygen atoms in total. The number of sulfonamides is 1. The zero-order valence-corrected chi connectivity index (χ0v) is 14.7. The monoisotopic (exact) mass is 366 g/mol. The molecule has 0 unspecified atom stereocenters. The summed E-state index contributed by atoms with van der Waals surface area (Å²) in [5.74, 6) is -0.500. The molecule has 1 amide bonds. The lowest BCUT2D eigenvalue weighted by Crippen LogP contribution is -2.14. The smallest absolute Gasteiger partial charge is 0.248 e. The fourth-order valence-corrected chi connectivity index (χ4v) is 3.32. The topological polar surface area (TPSA) is 89.3 Å². The molecule has 0 bridgehead atoms. The number of rotatable bonds is 5. The van der Waals surface area contributed by atoms with Crippen LogP contribution >= 0.6 is 0 Å². The molecule has 0 aliphatic rings. The van der Waals surface area contributed by atoms with Crippen LogP contribution in [-0.2, 0) is 20.6 Å². The zero-order chi connectivity index (χ0) is 18.6. The van der Waals surface area contributed by atoms with Crippen molar-refractivity contribution in [3.05, 3.63) is 83.9 Å². The third kappa shape index (κ3) is 4.78. The summed E-state index contributed by atoms with van der Waals surface area (Å²) in [7, 11) is -3.57. The second-order valence-corrected chi connectivity index (χ2v) is 7.51. The highest BCUT2D eigenvalue weighted by Crippen LogP contribution is 2.19. The van der Waals surface area contributed by atoms with Gasteiger partial charge in [-0.15, -0.1) is 0 Å². The van der Waals surface area contributed by atoms with E-state index in [0.717, 1.165) is 16.3 Å². The molecule has 0 atom stereocenters. The van der Waals surface area contributed by atoms with Crippen LogP contribution in [0.3, 0.4) is 0 Å². The van der Waals surface area contributed by atoms with E-state index in [1.54, 1.807) is 30.3 Å². The third-order valence-corrected chi connectivity index (χ3v) is 4.56. The average Bonchev–Trinajstić information content (AvgIpc) is 2.60. The largest absolute Gasteiger partial charge is 0.323 e. The van der Waals surface area contributed by atoms with Crippen LogP contribution in [0.5, 0.6) is 0 Å². The predicted octanol–water partition coefficient (Wildman–Crippen LogP) is 3.28. The van der Waals surface area contributed by atoms with E-state index in [1.165, 1.54) is 6.08 Å². The predicted molar refractivity (Wildman–Crippen MR) is 105 cm³/mol. The molecule has 0 aliphatic heterocycles. The summed E-state index contributed by atoms with van der Waals surface area (Å²) in [4.78, 5) is 12.1. The molecule has 0 aliphatic carbocycles. The molecule has 3 N–H and O–H groups in total. The Labute approximate surface area is 152 Å². The highest BCUT2D eigenvalue weighted by molar-refractivity contribution is 7.88. The zero-order valence-electron chi connectivity index (χ0n) is 13.9. The van der Waals surface area contributed by atoms with Crippen molar-refractivity contribution in [3.63, 3.8) is 0 Å². The molecule has 0 saturated carbocycles. The van der Waals surface area contributed by atoms with Gasteiger partial charge in [0.2, 0.25) is 15.9 Å². The van der Waals surface area contributed by atoms with Crippen molar-refractivity contribution < 1.29 is 13.2 Å². The van der Waals surface area contributed by atoms with E-state index in [2.05, 4.69) is 5.32 Å². The van der Waals surface area contributed by atoms with Crippen molar-refractivity contribution >= 4 is 38.5 Å². The molecule has 0 saturated heterocycles. The Kier molecular flexibility index (Phi) is 5.16. The van der Waals surface area contributed by atoms with E-state index in [0.29, 0.717) is 11.3 Å². The number of nitrogens with one attached hydrogen (secondary N) is 1. The van der Waals surface area contributed by atoms with E-state index in [-0.39, 0.29) is 11.7 Å². The van der Waals surface area contributed by atoms with Gasteiger partial charge in [-0.05, 0) is 40.1 Å². The molecule has 0 aromatic heterocycles. The summed E-state index contributed by atoms with van der Waals surface area (Å²) in [6.07, 6.45) is 3.24. The Morgan fingerprint density at radius 3 is 2.38 bits per heavy atom. The maximum atomic E-state index is 12.1. The van der Waals surface area contributed by atoms with Gasteiger partial charge in [-0.25, -0.2) is 13.6 Å². The first-order chi connectivity index (χ1) is 12.4. The van der Waals surface area contributed by atoms with E-state index in [1.807, 2.05) is 42.5 Å². The van der Waals surface area contributed by atoms with Crippen molar-refractivity contribution in [1.29, 1.82) is 0 Å². The first-order valence-corrected chi connectivity index (χ1v) is 9.68. The molecule has 26 heavy (non-hydrogen) atoms. The lowest BCUT2D eigenvalue weighted by molar-refractivity contribution is -0.111. The molecule has 0 heterocycles. The quantitative estimate of drug-likeness (QED) is 0.679. The van der Waals surface area contributed by atoms with Crippen molar-refractivity contribution in [2.75, 3.05) is 5.32 Å². The average molecular weight is 366 g/mol. The third-order valence-electron chi connectivity index (χ3n) is 3.83. The van der Waals surface area contributed by atoms with Gasteiger partial charge in [0, 0.05) is 11.8 Å². The lowest BCUT2D eigenvalue weighted by atomic mass is 10.0. The van der Waals surface area contributed by atoms with E-state index < -0.39 is 10.0 Å². The minimum Gasteiger partial charge on any atom is -0.323 e. The first-order valence-electron chi connectivity index (χ1n) is 7.97. The minimum atomic E-state index is -3.57. The Balaban J connectivity index is 1.69. The van der Waals surface area contributed by atoms with Gasteiger partial charge in [0.15, 0.2) is 0 Å². The summed E-state index contributed by atoms with van der Waals surface area (Å²) in [6.45, 7) is 0. The van der Waals surface area contributed by atoms with Gasteiger partial charge in [0.25, 0.3) is 0 Å². The second-order valence-electron chi connectivity index (χ2n) is 5.90. The standard InChI is InChI=1S/C20H18N2O3S/c21-26(24,25)14-15-8-11-18(12-9-15)22-20(23)13-10-17-6-3-5-16-4-1-2-7-19(16)17/h1-13H,14H2,(H,22,23)(H2,21,24,25)/b13-10+. The molecule has 0 radical (unpaired) electrons. The Morgan fingerprint density at radius 1 is 0.962 bits per heavy atom. The number of carbonyl (C=O) groups is 1. The molecule has 0 fully saturated rings. The molecule has 3 aromatic carbocycles. The van der Waals surface area contributed by atoms with Gasteiger partial charge in [-0.3, -0.25) is 4.79 Å². The molecular weight excluding hydrogens is 348 g/mol. The fraction of sp³-hybridized carbons (Fsp3) is 0.0500. The molecular formula is C20H18N2O3S. The first kappa shape index (κ1) is 17.8. The number of hydrogen-bond acceptors (Lipinski definition) is 3. The van der Waals surface area contributed by atoms with Crippen molar-refractivity contribution in [3.8, 4) is 0 Å². The van der Waals surface area contributed by atoms with Crippen LogP contribution in [0.1, 0.15) is 11.1 Å². The van der Waals surface area contributed by atoms with Gasteiger partial charge in [-0.1, -0.05) is 54.6 Å². The molecule has 3 aromatic rings. The summed E-state index contributed by atoms with van der Waals surface area (Å²) >= 11 is 0. The number of primary sulfonamides is 1. The maximum Gasteiger partial charge on any atom is 0.248 e. The van der Waals surface area contributed by atoms with E-state index in [4.69, 9.17) is 5.14 Å². The Morgan fingerprint density at radius 2 is 1.65 bits per heavy atom. The Bertz CT molecular complexity index is 1070. The van der Waals surface area contributed by atoms with Gasteiger partial charge in [0.1, 0.15) is 0 Å². The Hall–Kier alpha value is -2.96. The highest BCUT2D eigenvalue weighted by atomic mass is 32.2. The molecule has 6 heteroatoms. The van der Waals surface area contributed by atoms with Gasteiger partial charge < -0.3 is 5.32 Å². The van der Waals surface area contributed by atoms with E-state index in [9.17, 15) is 13.2 Å². The normalized spacial score (nSPS) is 11.7. The minimum absolute atomic E-state index is 0.234. The number of benzene rings is 3. The van der Waals surface area contributed by atoms with Crippen molar-refractivity contribution in [2.45, 2.75) is 5.75 Å². The van der Waals surface area contributed by atoms with Gasteiger partial charge in [-0.2, -0.15) is 0 Å². The van der Waals surface area contributed by atoms with Crippen LogP contribution in [0.25, 0.3) is 16.8 Å². The van der Waals surface area contributed by atoms with Crippen LogP contribution < -0.4 is 10.5 Å². The van der Waals surface area contributed by atoms with Crippen molar-refractivity contribution in [1.82, 2.24) is 0 Å². The molecule has 132 valence electrons. The van der Waals surface area contributed by atoms with Crippen LogP contribution in [0.4, 0.5) is 5.69 Å². The fourth-order valence-electron chi connectivity index (χ4n) is 2.66. The van der Waals surface area contributed by atoms with Crippen LogP contribution in [0.2, 0.25) is 0 Å². The summed E-state index contributed by atoms with van der Waals surface area (Å²) in [5, 5.41) is 9.94. The number of fused-ring (bicyclic) bond motifs is 1. The molecule has 3 rings (SSSR count). The number of nitrogens with two attached hydrogens (primary N) is 1. The van der Waals surface area contributed by atoms with Crippen LogP contribution in [0.15, 0.2) is 72.8 Å². The van der Waals surface area contributed by atoms with Gasteiger partial charge in [0.05, 0.1) is 5.75 Å². The lowest BCUT2D eigenvalue weighted by Gasteiger charge is -2.05. The number of carbonyl (C=O) groups excluding carboxylic acids is 1. The van der Waals surface area contributed by atoms with Gasteiger partial charge >= 0.3 is 0 Å². The summed E-state index contributed by atoms with van der Waals surface area (Å²) < 4.78 is 22.2. The van der Waals surface area contributed by atoms with Crippen LogP contribution in [-0.4, -0.2) is 14.3 Å². The molecule has 0 spiro atoms.